The number of unbranched alkanes of at least 4 members (excludes halogenated alkanes) is 1. The minimum absolute atomic E-state index is 0. The van der Waals surface area contributed by atoms with Crippen LogP contribution in [0.5, 0.6) is 0 Å². The van der Waals surface area contributed by atoms with E-state index in [9.17, 15) is 9.59 Å². The van der Waals surface area contributed by atoms with E-state index < -0.39 is 18.1 Å². The van der Waals surface area contributed by atoms with E-state index in [4.69, 9.17) is 17.3 Å². The van der Waals surface area contributed by atoms with Crippen molar-refractivity contribution in [2.24, 2.45) is 5.73 Å². The van der Waals surface area contributed by atoms with E-state index >= 15 is 0 Å². The van der Waals surface area contributed by atoms with Gasteiger partial charge in [0.1, 0.15) is 6.04 Å². The lowest BCUT2D eigenvalue weighted by Crippen LogP contribution is -2.30. The summed E-state index contributed by atoms with van der Waals surface area (Å²) in [5.74, 6) is 1.15. The van der Waals surface area contributed by atoms with Crippen LogP contribution in [0.4, 0.5) is 4.79 Å². The van der Waals surface area contributed by atoms with E-state index in [1.54, 1.807) is 0 Å². The van der Waals surface area contributed by atoms with Gasteiger partial charge in [0.2, 0.25) is 0 Å². The molecule has 4 N–H and O–H groups in total. The highest BCUT2D eigenvalue weighted by atomic mass is 35.5. The Bertz CT molecular complexity index is 278. The van der Waals surface area contributed by atoms with Crippen LogP contribution < -0.4 is 11.1 Å². The van der Waals surface area contributed by atoms with E-state index in [1.165, 1.54) is 0 Å². The van der Waals surface area contributed by atoms with Crippen molar-refractivity contribution in [3.63, 3.8) is 0 Å². The van der Waals surface area contributed by atoms with Gasteiger partial charge in [-0.25, -0.2) is 4.79 Å². The first-order valence-corrected chi connectivity index (χ1v) is 4.90. The summed E-state index contributed by atoms with van der Waals surface area (Å²) in [6.45, 7) is 0.353. The van der Waals surface area contributed by atoms with E-state index in [0.29, 0.717) is 25.8 Å². The van der Waals surface area contributed by atoms with Crippen molar-refractivity contribution in [2.45, 2.75) is 25.3 Å². The Morgan fingerprint density at radius 1 is 1.47 bits per heavy atom. The number of terminal acetylenes is 1. The highest BCUT2D eigenvalue weighted by molar-refractivity contribution is 5.85. The van der Waals surface area contributed by atoms with Gasteiger partial charge in [0, 0.05) is 6.54 Å². The quantitative estimate of drug-likeness (QED) is 0.455. The molecule has 1 amide bonds. The van der Waals surface area contributed by atoms with Gasteiger partial charge in [0.05, 0.1) is 0 Å². The molecule has 0 heterocycles. The average molecular weight is 265 g/mol. The van der Waals surface area contributed by atoms with Gasteiger partial charge in [-0.05, 0) is 19.3 Å². The lowest BCUT2D eigenvalue weighted by Gasteiger charge is -2.06. The van der Waals surface area contributed by atoms with Crippen LogP contribution >= 0.6 is 12.4 Å². The van der Waals surface area contributed by atoms with Gasteiger partial charge in [-0.2, -0.15) is 0 Å². The zero-order valence-corrected chi connectivity index (χ0v) is 10.2. The van der Waals surface area contributed by atoms with E-state index in [-0.39, 0.29) is 19.0 Å². The summed E-state index contributed by atoms with van der Waals surface area (Å²) in [6, 6.07) is -0.839. The molecule has 0 aromatic heterocycles. The SMILES string of the molecule is C#CCOC(=O)NCCCCC(N)C(=O)O.Cl. The van der Waals surface area contributed by atoms with Gasteiger partial charge in [0.25, 0.3) is 0 Å². The first kappa shape index (κ1) is 17.9. The predicted molar refractivity (Wildman–Crippen MR) is 64.9 cm³/mol. The Kier molecular flexibility index (Phi) is 11.7. The summed E-state index contributed by atoms with van der Waals surface area (Å²) in [5, 5.41) is 11.0. The third kappa shape index (κ3) is 10.8. The molecular weight excluding hydrogens is 248 g/mol. The van der Waals surface area contributed by atoms with Crippen LogP contribution in [0, 0.1) is 12.3 Å². The lowest BCUT2D eigenvalue weighted by molar-refractivity contribution is -0.138. The van der Waals surface area contributed by atoms with Crippen LogP contribution in [-0.4, -0.2) is 36.4 Å². The first-order chi connectivity index (χ1) is 7.57. The van der Waals surface area contributed by atoms with Crippen molar-refractivity contribution in [1.29, 1.82) is 0 Å². The molecule has 0 aromatic carbocycles. The summed E-state index contributed by atoms with van der Waals surface area (Å²) in [5.41, 5.74) is 5.29. The number of carbonyl (C=O) groups is 2. The standard InChI is InChI=1S/C10H16N2O4.ClH/c1-2-7-16-10(15)12-6-4-3-5-8(11)9(13)14;/h1,8H,3-7,11H2,(H,12,15)(H,13,14);1H. The molecule has 0 aliphatic carbocycles. The van der Waals surface area contributed by atoms with Gasteiger partial charge >= 0.3 is 12.1 Å². The molecule has 0 rings (SSSR count). The molecule has 0 spiro atoms. The van der Waals surface area contributed by atoms with Crippen molar-refractivity contribution >= 4 is 24.5 Å². The Hall–Kier alpha value is -1.45. The Balaban J connectivity index is 0. The molecule has 1 unspecified atom stereocenters. The zero-order valence-electron chi connectivity index (χ0n) is 9.35. The number of ether oxygens (including phenoxy) is 1. The van der Waals surface area contributed by atoms with Gasteiger partial charge < -0.3 is 20.9 Å². The van der Waals surface area contributed by atoms with Crippen LogP contribution in [0.2, 0.25) is 0 Å². The monoisotopic (exact) mass is 264 g/mol. The third-order valence-corrected chi connectivity index (χ3v) is 1.82. The second kappa shape index (κ2) is 11.0. The molecule has 0 bridgehead atoms. The van der Waals surface area contributed by atoms with Crippen LogP contribution in [0.15, 0.2) is 0 Å². The van der Waals surface area contributed by atoms with Gasteiger partial charge in [-0.1, -0.05) is 5.92 Å². The molecule has 7 heteroatoms. The molecule has 17 heavy (non-hydrogen) atoms. The number of carboxylic acid groups (broad SMARTS) is 1. The normalized spacial score (nSPS) is 10.6. The number of rotatable bonds is 7. The number of halogens is 1. The summed E-state index contributed by atoms with van der Waals surface area (Å²) in [6.07, 6.45) is 5.98. The van der Waals surface area contributed by atoms with Crippen LogP contribution in [-0.2, 0) is 9.53 Å². The van der Waals surface area contributed by atoms with Crippen molar-refractivity contribution in [1.82, 2.24) is 5.32 Å². The second-order valence-electron chi connectivity index (χ2n) is 3.15. The lowest BCUT2D eigenvalue weighted by atomic mass is 10.1. The Morgan fingerprint density at radius 3 is 2.65 bits per heavy atom. The molecule has 0 saturated carbocycles. The molecule has 0 aliphatic heterocycles. The van der Waals surface area contributed by atoms with Crippen molar-refractivity contribution < 1.29 is 19.4 Å². The van der Waals surface area contributed by atoms with E-state index in [2.05, 4.69) is 16.0 Å². The third-order valence-electron chi connectivity index (χ3n) is 1.82. The average Bonchev–Trinajstić information content (AvgIpc) is 2.25. The topological polar surface area (TPSA) is 102 Å². The Morgan fingerprint density at radius 2 is 2.12 bits per heavy atom. The fraction of sp³-hybridized carbons (Fsp3) is 0.600. The number of amides is 1. The van der Waals surface area contributed by atoms with Crippen LogP contribution in [0.25, 0.3) is 0 Å². The maximum Gasteiger partial charge on any atom is 0.408 e. The van der Waals surface area contributed by atoms with Gasteiger partial charge in [-0.3, -0.25) is 4.79 Å². The maximum atomic E-state index is 10.9. The molecule has 0 aliphatic rings. The zero-order chi connectivity index (χ0) is 12.4. The minimum atomic E-state index is -1.01. The molecule has 6 nitrogen and oxygen atoms in total. The number of nitrogens with one attached hydrogen (secondary N) is 1. The number of alkyl carbamates (subject to hydrolysis) is 1. The molecule has 0 saturated heterocycles. The number of hydrogen-bond acceptors (Lipinski definition) is 4. The molecule has 0 radical (unpaired) electrons. The smallest absolute Gasteiger partial charge is 0.408 e. The Labute approximate surface area is 106 Å². The number of carboxylic acids is 1. The summed E-state index contributed by atoms with van der Waals surface area (Å²) >= 11 is 0. The molecule has 0 aromatic rings. The number of nitrogens with two attached hydrogens (primary N) is 1. The second-order valence-corrected chi connectivity index (χ2v) is 3.15. The van der Waals surface area contributed by atoms with Crippen LogP contribution in [0.3, 0.4) is 0 Å². The predicted octanol–water partition coefficient (Wildman–Crippen LogP) is 0.350. The first-order valence-electron chi connectivity index (χ1n) is 4.90. The maximum absolute atomic E-state index is 10.9. The molecule has 98 valence electrons. The summed E-state index contributed by atoms with van der Waals surface area (Å²) < 4.78 is 4.55. The van der Waals surface area contributed by atoms with E-state index in [0.717, 1.165) is 0 Å². The van der Waals surface area contributed by atoms with Crippen molar-refractivity contribution in [2.75, 3.05) is 13.2 Å². The fourth-order valence-electron chi connectivity index (χ4n) is 0.961. The number of aliphatic carboxylic acids is 1. The highest BCUT2D eigenvalue weighted by Gasteiger charge is 2.10. The summed E-state index contributed by atoms with van der Waals surface area (Å²) in [4.78, 5) is 21.2. The van der Waals surface area contributed by atoms with E-state index in [1.807, 2.05) is 0 Å². The minimum Gasteiger partial charge on any atom is -0.480 e. The summed E-state index contributed by atoms with van der Waals surface area (Å²) in [7, 11) is 0. The highest BCUT2D eigenvalue weighted by Crippen LogP contribution is 1.98. The molecule has 0 fully saturated rings. The number of carbonyl (C=O) groups excluding carboxylic acids is 1. The molecule has 1 atom stereocenters. The van der Waals surface area contributed by atoms with Crippen molar-refractivity contribution in [3.05, 3.63) is 0 Å². The largest absolute Gasteiger partial charge is 0.480 e. The van der Waals surface area contributed by atoms with Crippen LogP contribution in [0.1, 0.15) is 19.3 Å². The molecular formula is C10H17ClN2O4. The number of hydrogen-bond donors (Lipinski definition) is 3. The fourth-order valence-corrected chi connectivity index (χ4v) is 0.961. The van der Waals surface area contributed by atoms with Gasteiger partial charge in [-0.15, -0.1) is 18.8 Å². The van der Waals surface area contributed by atoms with Gasteiger partial charge in [0.15, 0.2) is 6.61 Å². The van der Waals surface area contributed by atoms with Crippen molar-refractivity contribution in [3.8, 4) is 12.3 Å².